The monoisotopic (exact) mass is 310 g/mol. The summed E-state index contributed by atoms with van der Waals surface area (Å²) in [4.78, 5) is 13.0. The number of quaternary nitrogens is 1. The van der Waals surface area contributed by atoms with Crippen LogP contribution < -0.4 is 10.2 Å². The number of benzene rings is 1. The van der Waals surface area contributed by atoms with E-state index in [0.717, 1.165) is 6.54 Å². The van der Waals surface area contributed by atoms with Gasteiger partial charge in [-0.2, -0.15) is 0 Å². The van der Waals surface area contributed by atoms with Crippen LogP contribution in [0.5, 0.6) is 0 Å². The molecule has 0 spiro atoms. The lowest BCUT2D eigenvalue weighted by Crippen LogP contribution is -3.06. The highest BCUT2D eigenvalue weighted by Gasteiger charge is 2.13. The smallest absolute Gasteiger partial charge is 0.273 e. The molecule has 2 aromatic rings. The molecule has 22 heavy (non-hydrogen) atoms. The van der Waals surface area contributed by atoms with E-state index in [1.54, 1.807) is 0 Å². The number of rotatable bonds is 6. The van der Waals surface area contributed by atoms with E-state index in [1.165, 1.54) is 34.0 Å². The highest BCUT2D eigenvalue weighted by molar-refractivity contribution is 5.91. The zero-order valence-corrected chi connectivity index (χ0v) is 12.4. The van der Waals surface area contributed by atoms with Crippen LogP contribution in [0.25, 0.3) is 0 Å². The van der Waals surface area contributed by atoms with E-state index in [9.17, 15) is 13.6 Å². The predicted octanol–water partition coefficient (Wildman–Crippen LogP) is -0.521. The topological polar surface area (TPSA) is 64.2 Å². The Balaban J connectivity index is 2.01. The molecule has 0 saturated heterocycles. The SMILES string of the molecule is C[NH+](C)CCNC(=O)c1cn(Cc2c(F)cccc2F)nn1. The number of hydrogen-bond donors (Lipinski definition) is 2. The molecular weight excluding hydrogens is 292 g/mol. The average Bonchev–Trinajstić information content (AvgIpc) is 2.91. The van der Waals surface area contributed by atoms with Gasteiger partial charge in [0.2, 0.25) is 0 Å². The number of carbonyl (C=O) groups is 1. The van der Waals surface area contributed by atoms with Crippen LogP contribution >= 0.6 is 0 Å². The summed E-state index contributed by atoms with van der Waals surface area (Å²) in [5.41, 5.74) is 0.000990. The van der Waals surface area contributed by atoms with Crippen LogP contribution in [0, 0.1) is 11.6 Å². The lowest BCUT2D eigenvalue weighted by molar-refractivity contribution is -0.856. The van der Waals surface area contributed by atoms with Crippen molar-refractivity contribution in [3.63, 3.8) is 0 Å². The molecule has 1 heterocycles. The van der Waals surface area contributed by atoms with Crippen molar-refractivity contribution in [2.45, 2.75) is 6.54 Å². The Morgan fingerprint density at radius 3 is 2.64 bits per heavy atom. The van der Waals surface area contributed by atoms with E-state index in [1.807, 2.05) is 14.1 Å². The molecule has 2 rings (SSSR count). The lowest BCUT2D eigenvalue weighted by atomic mass is 10.2. The second-order valence-corrected chi connectivity index (χ2v) is 5.21. The quantitative estimate of drug-likeness (QED) is 0.755. The van der Waals surface area contributed by atoms with E-state index < -0.39 is 11.6 Å². The number of nitrogens with zero attached hydrogens (tertiary/aromatic N) is 3. The van der Waals surface area contributed by atoms with Crippen LogP contribution in [-0.4, -0.2) is 48.1 Å². The third-order valence-corrected chi connectivity index (χ3v) is 3.06. The van der Waals surface area contributed by atoms with Crippen molar-refractivity contribution >= 4 is 5.91 Å². The third kappa shape index (κ3) is 4.08. The molecule has 0 bridgehead atoms. The van der Waals surface area contributed by atoms with Crippen LogP contribution in [0.1, 0.15) is 16.1 Å². The number of amides is 1. The largest absolute Gasteiger partial charge is 0.345 e. The summed E-state index contributed by atoms with van der Waals surface area (Å²) in [7, 11) is 3.96. The van der Waals surface area contributed by atoms with Gasteiger partial charge in [-0.15, -0.1) is 5.10 Å². The number of halogens is 2. The molecule has 0 radical (unpaired) electrons. The minimum absolute atomic E-state index is 0.115. The molecule has 1 aromatic heterocycles. The zero-order chi connectivity index (χ0) is 16.1. The van der Waals surface area contributed by atoms with E-state index >= 15 is 0 Å². The summed E-state index contributed by atoms with van der Waals surface area (Å²) >= 11 is 0. The maximum atomic E-state index is 13.6. The summed E-state index contributed by atoms with van der Waals surface area (Å²) in [6.45, 7) is 1.16. The van der Waals surface area contributed by atoms with Gasteiger partial charge in [-0.25, -0.2) is 13.5 Å². The summed E-state index contributed by atoms with van der Waals surface area (Å²) in [5, 5.41) is 10.2. The first-order valence-electron chi connectivity index (χ1n) is 6.87. The molecule has 1 amide bonds. The minimum atomic E-state index is -0.657. The average molecular weight is 310 g/mol. The Morgan fingerprint density at radius 1 is 1.32 bits per heavy atom. The first-order valence-corrected chi connectivity index (χ1v) is 6.87. The van der Waals surface area contributed by atoms with E-state index in [-0.39, 0.29) is 23.7 Å². The van der Waals surface area contributed by atoms with Crippen LogP contribution in [0.15, 0.2) is 24.4 Å². The second-order valence-electron chi connectivity index (χ2n) is 5.21. The van der Waals surface area contributed by atoms with Crippen molar-refractivity contribution in [1.29, 1.82) is 0 Å². The maximum absolute atomic E-state index is 13.6. The van der Waals surface area contributed by atoms with Gasteiger partial charge < -0.3 is 10.2 Å². The molecule has 0 unspecified atom stereocenters. The molecule has 8 heteroatoms. The van der Waals surface area contributed by atoms with Gasteiger partial charge in [-0.3, -0.25) is 4.79 Å². The number of carbonyl (C=O) groups excluding carboxylic acids is 1. The maximum Gasteiger partial charge on any atom is 0.273 e. The summed E-state index contributed by atoms with van der Waals surface area (Å²) in [6, 6.07) is 3.64. The molecule has 118 valence electrons. The summed E-state index contributed by atoms with van der Waals surface area (Å²) in [6.07, 6.45) is 1.36. The molecule has 2 N–H and O–H groups in total. The molecule has 0 aliphatic heterocycles. The van der Waals surface area contributed by atoms with Gasteiger partial charge in [0.05, 0.1) is 39.9 Å². The molecule has 1 aromatic carbocycles. The van der Waals surface area contributed by atoms with Crippen molar-refractivity contribution in [3.05, 3.63) is 47.3 Å². The van der Waals surface area contributed by atoms with Gasteiger partial charge in [0.15, 0.2) is 5.69 Å². The fourth-order valence-electron chi connectivity index (χ4n) is 1.84. The van der Waals surface area contributed by atoms with Crippen LogP contribution in [0.4, 0.5) is 8.78 Å². The van der Waals surface area contributed by atoms with Crippen molar-refractivity contribution in [3.8, 4) is 0 Å². The second kappa shape index (κ2) is 7.08. The van der Waals surface area contributed by atoms with Gasteiger partial charge in [-0.05, 0) is 12.1 Å². The van der Waals surface area contributed by atoms with E-state index in [2.05, 4.69) is 15.6 Å². The Labute approximate surface area is 126 Å². The Morgan fingerprint density at radius 2 is 2.00 bits per heavy atom. The van der Waals surface area contributed by atoms with Crippen LogP contribution in [0.3, 0.4) is 0 Å². The van der Waals surface area contributed by atoms with Crippen molar-refractivity contribution in [2.24, 2.45) is 0 Å². The van der Waals surface area contributed by atoms with Crippen molar-refractivity contribution in [1.82, 2.24) is 20.3 Å². The normalized spacial score (nSPS) is 11.0. The third-order valence-electron chi connectivity index (χ3n) is 3.06. The Kier molecular flexibility index (Phi) is 5.16. The Bertz CT molecular complexity index is 636. The van der Waals surface area contributed by atoms with Gasteiger partial charge >= 0.3 is 0 Å². The molecule has 0 aliphatic rings. The van der Waals surface area contributed by atoms with E-state index in [4.69, 9.17) is 0 Å². The molecule has 0 fully saturated rings. The molecule has 0 saturated carbocycles. The standard InChI is InChI=1S/C14H17F2N5O/c1-20(2)7-6-17-14(22)13-9-21(19-18-13)8-10-11(15)4-3-5-12(10)16/h3-5,9H,6-8H2,1-2H3,(H,17,22)/p+1. The van der Waals surface area contributed by atoms with Gasteiger partial charge in [0.1, 0.15) is 11.6 Å². The molecular formula is C14H18F2N5O+. The number of likely N-dealkylation sites (N-methyl/N-ethyl adjacent to an activating group) is 1. The highest BCUT2D eigenvalue weighted by Crippen LogP contribution is 2.13. The van der Waals surface area contributed by atoms with Crippen molar-refractivity contribution < 1.29 is 18.5 Å². The lowest BCUT2D eigenvalue weighted by Gasteiger charge is -2.07. The molecule has 0 aliphatic carbocycles. The first-order chi connectivity index (χ1) is 10.5. The zero-order valence-electron chi connectivity index (χ0n) is 12.4. The van der Waals surface area contributed by atoms with Gasteiger partial charge in [0, 0.05) is 5.56 Å². The first kappa shape index (κ1) is 16.0. The fraction of sp³-hybridized carbons (Fsp3) is 0.357. The van der Waals surface area contributed by atoms with Gasteiger partial charge in [0.25, 0.3) is 5.91 Å². The van der Waals surface area contributed by atoms with Crippen LogP contribution in [-0.2, 0) is 6.54 Å². The summed E-state index contributed by atoms with van der Waals surface area (Å²) < 4.78 is 28.4. The van der Waals surface area contributed by atoms with Crippen molar-refractivity contribution in [2.75, 3.05) is 27.2 Å². The fourth-order valence-corrected chi connectivity index (χ4v) is 1.84. The summed E-state index contributed by atoms with van der Waals surface area (Å²) in [5.74, 6) is -1.67. The van der Waals surface area contributed by atoms with Crippen LogP contribution in [0.2, 0.25) is 0 Å². The predicted molar refractivity (Wildman–Crippen MR) is 75.5 cm³/mol. The molecule has 6 nitrogen and oxygen atoms in total. The highest BCUT2D eigenvalue weighted by atomic mass is 19.1. The number of aromatic nitrogens is 3. The molecule has 0 atom stereocenters. The Hall–Kier alpha value is -2.35. The van der Waals surface area contributed by atoms with E-state index in [0.29, 0.717) is 6.54 Å². The number of nitrogens with one attached hydrogen (secondary N) is 2. The van der Waals surface area contributed by atoms with Gasteiger partial charge in [-0.1, -0.05) is 11.3 Å². The minimum Gasteiger partial charge on any atom is -0.345 e. The number of hydrogen-bond acceptors (Lipinski definition) is 3.